The molecule has 1 fully saturated rings. The number of allylic oxidation sites excluding steroid dienone is 1. The molecule has 3 rings (SSSR count). The summed E-state index contributed by atoms with van der Waals surface area (Å²) in [5.74, 6) is 0.0896. The minimum absolute atomic E-state index is 0.150. The molecule has 0 spiro atoms. The van der Waals surface area contributed by atoms with E-state index in [1.165, 1.54) is 5.56 Å². The van der Waals surface area contributed by atoms with Crippen molar-refractivity contribution < 1.29 is 9.90 Å². The molecule has 0 radical (unpaired) electrons. The minimum atomic E-state index is -0.814. The number of hydrogen-bond donors (Lipinski definition) is 1. The Kier molecular flexibility index (Phi) is 2.83. The van der Waals surface area contributed by atoms with Gasteiger partial charge in [-0.05, 0) is 36.8 Å². The summed E-state index contributed by atoms with van der Waals surface area (Å²) in [6, 6.07) is 10.3. The van der Waals surface area contributed by atoms with Crippen LogP contribution < -0.4 is 0 Å². The van der Waals surface area contributed by atoms with Crippen molar-refractivity contribution in [2.24, 2.45) is 5.92 Å². The zero-order valence-corrected chi connectivity index (χ0v) is 10.4. The summed E-state index contributed by atoms with van der Waals surface area (Å²) >= 11 is 0. The van der Waals surface area contributed by atoms with Gasteiger partial charge in [0.1, 0.15) is 5.78 Å². The first kappa shape index (κ1) is 11.7. The maximum Gasteiger partial charge on any atom is 0.139 e. The van der Waals surface area contributed by atoms with Gasteiger partial charge in [0.05, 0.1) is 11.5 Å². The van der Waals surface area contributed by atoms with E-state index in [1.807, 2.05) is 18.2 Å². The van der Waals surface area contributed by atoms with Gasteiger partial charge in [0, 0.05) is 6.42 Å². The number of benzene rings is 1. The predicted octanol–water partition coefficient (Wildman–Crippen LogP) is 2.66. The van der Waals surface area contributed by atoms with Gasteiger partial charge in [-0.3, -0.25) is 4.79 Å². The smallest absolute Gasteiger partial charge is 0.139 e. The lowest BCUT2D eigenvalue weighted by Crippen LogP contribution is -2.33. The average molecular weight is 242 g/mol. The van der Waals surface area contributed by atoms with Crippen LogP contribution in [0.1, 0.15) is 31.2 Å². The summed E-state index contributed by atoms with van der Waals surface area (Å²) in [6.07, 6.45) is 5.80. The molecule has 2 aliphatic rings. The van der Waals surface area contributed by atoms with Crippen molar-refractivity contribution in [2.45, 2.75) is 37.7 Å². The fraction of sp³-hybridized carbons (Fsp3) is 0.438. The number of rotatable bonds is 3. The van der Waals surface area contributed by atoms with E-state index in [0.717, 1.165) is 24.8 Å². The van der Waals surface area contributed by atoms with E-state index in [-0.39, 0.29) is 11.7 Å². The maximum absolute atomic E-state index is 11.7. The molecule has 2 aliphatic carbocycles. The highest BCUT2D eigenvalue weighted by atomic mass is 16.3. The molecule has 0 bridgehead atoms. The summed E-state index contributed by atoms with van der Waals surface area (Å²) in [7, 11) is 0. The topological polar surface area (TPSA) is 37.3 Å². The zero-order chi connectivity index (χ0) is 12.6. The van der Waals surface area contributed by atoms with Crippen LogP contribution in [0.3, 0.4) is 0 Å². The SMILES string of the molecule is O=C1CC[C@@]2(O)C(CCc3ccccc3)=CC[C@H]12. The third-order valence-electron chi connectivity index (χ3n) is 4.40. The Hall–Kier alpha value is -1.41. The molecule has 1 aromatic carbocycles. The first-order chi connectivity index (χ1) is 8.70. The summed E-state index contributed by atoms with van der Waals surface area (Å²) in [5.41, 5.74) is 1.56. The second-order valence-corrected chi connectivity index (χ2v) is 5.39. The van der Waals surface area contributed by atoms with Gasteiger partial charge in [0.15, 0.2) is 0 Å². The van der Waals surface area contributed by atoms with Gasteiger partial charge < -0.3 is 5.11 Å². The molecule has 94 valence electrons. The molecule has 0 unspecified atom stereocenters. The molecule has 2 heteroatoms. The number of carbonyl (C=O) groups is 1. The Labute approximate surface area is 107 Å². The summed E-state index contributed by atoms with van der Waals surface area (Å²) in [4.78, 5) is 11.7. The van der Waals surface area contributed by atoms with Crippen molar-refractivity contribution in [3.05, 3.63) is 47.5 Å². The molecule has 0 aliphatic heterocycles. The van der Waals surface area contributed by atoms with Crippen LogP contribution in [-0.4, -0.2) is 16.5 Å². The largest absolute Gasteiger partial charge is 0.385 e. The number of aryl methyl sites for hydroxylation is 1. The number of carbonyl (C=O) groups excluding carboxylic acids is 1. The highest BCUT2D eigenvalue weighted by molar-refractivity contribution is 5.86. The Bertz CT molecular complexity index is 489. The van der Waals surface area contributed by atoms with Gasteiger partial charge in [0.25, 0.3) is 0 Å². The van der Waals surface area contributed by atoms with Crippen molar-refractivity contribution >= 4 is 5.78 Å². The molecule has 0 heterocycles. The molecule has 18 heavy (non-hydrogen) atoms. The van der Waals surface area contributed by atoms with E-state index in [4.69, 9.17) is 0 Å². The van der Waals surface area contributed by atoms with Crippen LogP contribution in [0.4, 0.5) is 0 Å². The first-order valence-electron chi connectivity index (χ1n) is 6.69. The Balaban J connectivity index is 1.70. The third-order valence-corrected chi connectivity index (χ3v) is 4.40. The fourth-order valence-electron chi connectivity index (χ4n) is 3.32. The van der Waals surface area contributed by atoms with E-state index in [1.54, 1.807) is 0 Å². The molecule has 0 aromatic heterocycles. The standard InChI is InChI=1S/C16H18O2/c17-15-10-11-16(18)13(8-9-14(15)16)7-6-12-4-2-1-3-5-12/h1-5,8,14,18H,6-7,9-11H2/t14-,16-/m1/s1. The predicted molar refractivity (Wildman–Crippen MR) is 70.1 cm³/mol. The first-order valence-corrected chi connectivity index (χ1v) is 6.69. The lowest BCUT2D eigenvalue weighted by molar-refractivity contribution is -0.122. The number of aliphatic hydroxyl groups is 1. The van der Waals surface area contributed by atoms with Crippen molar-refractivity contribution in [3.8, 4) is 0 Å². The maximum atomic E-state index is 11.7. The van der Waals surface area contributed by atoms with Crippen LogP contribution in [0.25, 0.3) is 0 Å². The van der Waals surface area contributed by atoms with Crippen LogP contribution >= 0.6 is 0 Å². The molecule has 2 nitrogen and oxygen atoms in total. The van der Waals surface area contributed by atoms with Gasteiger partial charge in [-0.25, -0.2) is 0 Å². The van der Waals surface area contributed by atoms with Crippen molar-refractivity contribution in [2.75, 3.05) is 0 Å². The van der Waals surface area contributed by atoms with Crippen molar-refractivity contribution in [1.29, 1.82) is 0 Å². The summed E-state index contributed by atoms with van der Waals surface area (Å²) in [5, 5.41) is 10.7. The monoisotopic (exact) mass is 242 g/mol. The molecule has 1 saturated carbocycles. The molecule has 1 N–H and O–H groups in total. The summed E-state index contributed by atoms with van der Waals surface area (Å²) in [6.45, 7) is 0. The number of ketones is 1. The van der Waals surface area contributed by atoms with E-state index < -0.39 is 5.60 Å². The van der Waals surface area contributed by atoms with Crippen LogP contribution in [0, 0.1) is 5.92 Å². The Morgan fingerprint density at radius 2 is 2.00 bits per heavy atom. The van der Waals surface area contributed by atoms with Crippen molar-refractivity contribution in [1.82, 2.24) is 0 Å². The van der Waals surface area contributed by atoms with Gasteiger partial charge in [-0.15, -0.1) is 0 Å². The van der Waals surface area contributed by atoms with E-state index in [2.05, 4.69) is 18.2 Å². The Morgan fingerprint density at radius 3 is 2.78 bits per heavy atom. The lowest BCUT2D eigenvalue weighted by Gasteiger charge is -2.26. The number of fused-ring (bicyclic) bond motifs is 1. The van der Waals surface area contributed by atoms with Crippen LogP contribution in [0.2, 0.25) is 0 Å². The molecule has 0 saturated heterocycles. The quantitative estimate of drug-likeness (QED) is 0.827. The number of Topliss-reactive ketones (excluding diaryl/α,β-unsaturated/α-hetero) is 1. The van der Waals surface area contributed by atoms with Gasteiger partial charge in [-0.2, -0.15) is 0 Å². The van der Waals surface area contributed by atoms with Gasteiger partial charge in [-0.1, -0.05) is 36.4 Å². The van der Waals surface area contributed by atoms with Crippen LogP contribution in [0.5, 0.6) is 0 Å². The van der Waals surface area contributed by atoms with E-state index in [0.29, 0.717) is 12.8 Å². The second kappa shape index (κ2) is 4.36. The second-order valence-electron chi connectivity index (χ2n) is 5.39. The normalized spacial score (nSPS) is 30.4. The highest BCUT2D eigenvalue weighted by Crippen LogP contribution is 2.47. The molecular formula is C16H18O2. The van der Waals surface area contributed by atoms with Crippen LogP contribution in [-0.2, 0) is 11.2 Å². The van der Waals surface area contributed by atoms with Crippen molar-refractivity contribution in [3.63, 3.8) is 0 Å². The lowest BCUT2D eigenvalue weighted by atomic mass is 9.86. The van der Waals surface area contributed by atoms with Gasteiger partial charge >= 0.3 is 0 Å². The summed E-state index contributed by atoms with van der Waals surface area (Å²) < 4.78 is 0. The average Bonchev–Trinajstić information content (AvgIpc) is 2.86. The van der Waals surface area contributed by atoms with Crippen LogP contribution in [0.15, 0.2) is 42.0 Å². The third kappa shape index (κ3) is 1.81. The molecular weight excluding hydrogens is 224 g/mol. The van der Waals surface area contributed by atoms with E-state index >= 15 is 0 Å². The highest BCUT2D eigenvalue weighted by Gasteiger charge is 2.51. The number of hydrogen-bond acceptors (Lipinski definition) is 2. The molecule has 1 aromatic rings. The fourth-order valence-corrected chi connectivity index (χ4v) is 3.32. The zero-order valence-electron chi connectivity index (χ0n) is 10.4. The molecule has 0 amide bonds. The van der Waals surface area contributed by atoms with Gasteiger partial charge in [0.2, 0.25) is 0 Å². The minimum Gasteiger partial charge on any atom is -0.385 e. The van der Waals surface area contributed by atoms with E-state index in [9.17, 15) is 9.90 Å². The Morgan fingerprint density at radius 1 is 1.22 bits per heavy atom. The molecule has 2 atom stereocenters.